The quantitative estimate of drug-likeness (QED) is 0.0728. The smallest absolute Gasteiger partial charge is 0.341 e. The predicted molar refractivity (Wildman–Crippen MR) is 173 cm³/mol. The molecule has 0 saturated carbocycles. The van der Waals surface area contributed by atoms with E-state index in [9.17, 15) is 9.90 Å². The lowest BCUT2D eigenvalue weighted by molar-refractivity contribution is -0.183. The number of rotatable bonds is 12. The Bertz CT molecular complexity index is 1500. The zero-order valence-electron chi connectivity index (χ0n) is 24.7. The largest absolute Gasteiger partial charge is 0.507 e. The molecule has 44 heavy (non-hydrogen) atoms. The molecule has 1 fully saturated rings. The van der Waals surface area contributed by atoms with Crippen LogP contribution in [-0.2, 0) is 24.5 Å². The van der Waals surface area contributed by atoms with Gasteiger partial charge in [-0.15, -0.1) is 0 Å². The number of ether oxygens (including phenoxy) is 6. The summed E-state index contributed by atoms with van der Waals surface area (Å²) in [6, 6.07) is 28.7. The van der Waals surface area contributed by atoms with Gasteiger partial charge < -0.3 is 33.5 Å². The van der Waals surface area contributed by atoms with Crippen LogP contribution in [0.4, 0.5) is 0 Å². The molecular weight excluding hydrogens is 675 g/mol. The van der Waals surface area contributed by atoms with Gasteiger partial charge in [-0.1, -0.05) is 66.7 Å². The van der Waals surface area contributed by atoms with Crippen LogP contribution in [0, 0.1) is 3.57 Å². The van der Waals surface area contributed by atoms with Gasteiger partial charge in [-0.2, -0.15) is 0 Å². The highest BCUT2D eigenvalue weighted by Gasteiger charge is 2.42. The second-order valence-corrected chi connectivity index (χ2v) is 11.3. The van der Waals surface area contributed by atoms with E-state index in [-0.39, 0.29) is 24.5 Å². The van der Waals surface area contributed by atoms with Crippen LogP contribution in [0.2, 0.25) is 0 Å². The van der Waals surface area contributed by atoms with Gasteiger partial charge >= 0.3 is 5.97 Å². The minimum absolute atomic E-state index is 0.0623. The Kier molecular flexibility index (Phi) is 10.8. The number of carbonyl (C=O) groups is 1. The highest BCUT2D eigenvalue weighted by Crippen LogP contribution is 2.47. The number of esters is 1. The topological polar surface area (TPSA) is 92.7 Å². The molecule has 0 radical (unpaired) electrons. The molecule has 1 saturated heterocycles. The summed E-state index contributed by atoms with van der Waals surface area (Å²) in [5, 5.41) is 10.9. The van der Waals surface area contributed by atoms with Crippen molar-refractivity contribution in [3.8, 4) is 17.2 Å². The van der Waals surface area contributed by atoms with Gasteiger partial charge in [0.15, 0.2) is 11.9 Å². The second kappa shape index (κ2) is 14.9. The van der Waals surface area contributed by atoms with Crippen molar-refractivity contribution < 1.29 is 38.3 Å². The van der Waals surface area contributed by atoms with E-state index in [0.717, 1.165) is 26.7 Å². The lowest BCUT2D eigenvalue weighted by atomic mass is 9.79. The summed E-state index contributed by atoms with van der Waals surface area (Å²) in [5.41, 5.74) is 1.86. The average Bonchev–Trinajstić information content (AvgIpc) is 3.08. The molecule has 4 aromatic rings. The maximum absolute atomic E-state index is 13.1. The van der Waals surface area contributed by atoms with Crippen LogP contribution >= 0.6 is 22.6 Å². The Morgan fingerprint density at radius 2 is 1.45 bits per heavy atom. The third kappa shape index (κ3) is 6.71. The van der Waals surface area contributed by atoms with E-state index in [1.807, 2.05) is 78.9 Å². The Balaban J connectivity index is 1.39. The molecule has 1 aliphatic heterocycles. The third-order valence-corrected chi connectivity index (χ3v) is 8.02. The van der Waals surface area contributed by atoms with E-state index in [0.29, 0.717) is 36.7 Å². The Morgan fingerprint density at radius 3 is 2.07 bits per heavy atom. The standard InChI is InChI=1S/C35H35IO8/c1-39-30-16-8-6-14-28(30)35(24-12-4-3-5-13-24,29-15-7-9-17-31(29)40-2)44-21-11-18-41-33(38)26-22-25(36)23-27(32(26)37)34-42-19-10-20-43-34/h3-9,12-17,22-23,34,37H,10-11,18-21H2,1-2H3. The summed E-state index contributed by atoms with van der Waals surface area (Å²) in [6.45, 7) is 1.33. The fourth-order valence-corrected chi connectivity index (χ4v) is 6.04. The van der Waals surface area contributed by atoms with E-state index in [1.54, 1.807) is 26.4 Å². The molecule has 0 spiro atoms. The maximum Gasteiger partial charge on any atom is 0.341 e. The van der Waals surface area contributed by atoms with Crippen molar-refractivity contribution in [2.45, 2.75) is 24.7 Å². The van der Waals surface area contributed by atoms with Crippen molar-refractivity contribution in [1.29, 1.82) is 0 Å². The molecule has 0 aromatic heterocycles. The normalized spacial score (nSPS) is 13.8. The number of halogens is 1. The highest BCUT2D eigenvalue weighted by molar-refractivity contribution is 14.1. The molecule has 8 nitrogen and oxygen atoms in total. The van der Waals surface area contributed by atoms with Crippen molar-refractivity contribution in [3.63, 3.8) is 0 Å². The van der Waals surface area contributed by atoms with E-state index in [2.05, 4.69) is 22.6 Å². The number of hydrogen-bond acceptors (Lipinski definition) is 8. The van der Waals surface area contributed by atoms with Crippen LogP contribution in [0.15, 0.2) is 91.0 Å². The van der Waals surface area contributed by atoms with Crippen molar-refractivity contribution >= 4 is 28.6 Å². The third-order valence-electron chi connectivity index (χ3n) is 7.40. The van der Waals surface area contributed by atoms with E-state index < -0.39 is 17.9 Å². The number of para-hydroxylation sites is 2. The van der Waals surface area contributed by atoms with Crippen molar-refractivity contribution in [2.75, 3.05) is 40.6 Å². The first-order valence-corrected chi connectivity index (χ1v) is 15.5. The molecule has 0 atom stereocenters. The lowest BCUT2D eigenvalue weighted by Gasteiger charge is -2.37. The molecule has 4 aromatic carbocycles. The monoisotopic (exact) mass is 710 g/mol. The molecule has 0 bridgehead atoms. The Labute approximate surface area is 271 Å². The van der Waals surface area contributed by atoms with Gasteiger partial charge in [0.25, 0.3) is 0 Å². The second-order valence-electron chi connectivity index (χ2n) is 10.1. The molecule has 0 aliphatic carbocycles. The highest BCUT2D eigenvalue weighted by atomic mass is 127. The number of carbonyl (C=O) groups excluding carboxylic acids is 1. The van der Waals surface area contributed by atoms with Gasteiger partial charge in [0.05, 0.1) is 46.2 Å². The minimum atomic E-state index is -1.10. The van der Waals surface area contributed by atoms with Gasteiger partial charge in [-0.05, 0) is 58.8 Å². The number of phenols is 1. The number of aromatic hydroxyl groups is 1. The molecule has 230 valence electrons. The van der Waals surface area contributed by atoms with Gasteiger partial charge in [0.1, 0.15) is 22.8 Å². The fraction of sp³-hybridized carbons (Fsp3) is 0.286. The zero-order chi connectivity index (χ0) is 30.9. The lowest BCUT2D eigenvalue weighted by Crippen LogP contribution is -2.34. The van der Waals surface area contributed by atoms with Crippen molar-refractivity contribution in [3.05, 3.63) is 122 Å². The predicted octanol–water partition coefficient (Wildman–Crippen LogP) is 7.01. The molecule has 1 heterocycles. The summed E-state index contributed by atoms with van der Waals surface area (Å²) in [4.78, 5) is 13.1. The Morgan fingerprint density at radius 1 is 0.864 bits per heavy atom. The van der Waals surface area contributed by atoms with Crippen LogP contribution in [0.3, 0.4) is 0 Å². The van der Waals surface area contributed by atoms with E-state index in [4.69, 9.17) is 28.4 Å². The average molecular weight is 711 g/mol. The summed E-state index contributed by atoms with van der Waals surface area (Å²) < 4.78 is 36.2. The summed E-state index contributed by atoms with van der Waals surface area (Å²) in [7, 11) is 3.27. The van der Waals surface area contributed by atoms with Crippen molar-refractivity contribution in [2.24, 2.45) is 0 Å². The number of benzene rings is 4. The van der Waals surface area contributed by atoms with Crippen LogP contribution in [0.1, 0.15) is 51.7 Å². The first-order chi connectivity index (χ1) is 21.5. The number of methoxy groups -OCH3 is 2. The number of hydrogen-bond donors (Lipinski definition) is 1. The molecule has 0 unspecified atom stereocenters. The Hall–Kier alpha value is -3.64. The zero-order valence-corrected chi connectivity index (χ0v) is 26.8. The van der Waals surface area contributed by atoms with Crippen LogP contribution in [0.25, 0.3) is 0 Å². The minimum Gasteiger partial charge on any atom is -0.507 e. The molecule has 9 heteroatoms. The van der Waals surface area contributed by atoms with Crippen LogP contribution in [-0.4, -0.2) is 51.7 Å². The summed E-state index contributed by atoms with van der Waals surface area (Å²) in [6.07, 6.45) is 0.434. The molecule has 1 N–H and O–H groups in total. The molecule has 0 amide bonds. The first kappa shape index (κ1) is 31.8. The van der Waals surface area contributed by atoms with Gasteiger partial charge in [0.2, 0.25) is 0 Å². The van der Waals surface area contributed by atoms with Crippen molar-refractivity contribution in [1.82, 2.24) is 0 Å². The maximum atomic E-state index is 13.1. The van der Waals surface area contributed by atoms with Gasteiger partial charge in [-0.25, -0.2) is 4.79 Å². The van der Waals surface area contributed by atoms with Crippen LogP contribution < -0.4 is 9.47 Å². The summed E-state index contributed by atoms with van der Waals surface area (Å²) in [5.74, 6) is 0.477. The molecule has 5 rings (SSSR count). The van der Waals surface area contributed by atoms with Gasteiger partial charge in [0, 0.05) is 21.1 Å². The summed E-state index contributed by atoms with van der Waals surface area (Å²) >= 11 is 2.09. The fourth-order valence-electron chi connectivity index (χ4n) is 5.39. The molecule has 1 aliphatic rings. The van der Waals surface area contributed by atoms with Crippen LogP contribution in [0.5, 0.6) is 17.2 Å². The van der Waals surface area contributed by atoms with E-state index >= 15 is 0 Å². The first-order valence-electron chi connectivity index (χ1n) is 14.4. The SMILES string of the molecule is COc1ccccc1C(OCCCOC(=O)c1cc(I)cc(C2OCCCO2)c1O)(c1ccccc1)c1ccccc1OC. The van der Waals surface area contributed by atoms with Gasteiger partial charge in [-0.3, -0.25) is 0 Å². The number of phenolic OH excluding ortho intramolecular Hbond substituents is 1. The van der Waals surface area contributed by atoms with E-state index in [1.165, 1.54) is 0 Å². The molecular formula is C35H35IO8.